The van der Waals surface area contributed by atoms with Crippen LogP contribution < -0.4 is 16.0 Å². The van der Waals surface area contributed by atoms with E-state index in [0.29, 0.717) is 0 Å². The standard InChI is InChI=1S/C16H25N3O2/c1-12(14(20)18-15(21)17-4)19-16(2,3)11-10-13-8-6-5-7-9-13/h5-9,12,19H,10-11H2,1-4H3,(H2,17,18,20,21). The summed E-state index contributed by atoms with van der Waals surface area (Å²) >= 11 is 0. The minimum atomic E-state index is -0.490. The van der Waals surface area contributed by atoms with E-state index in [1.165, 1.54) is 12.6 Å². The zero-order valence-electron chi connectivity index (χ0n) is 13.2. The van der Waals surface area contributed by atoms with E-state index >= 15 is 0 Å². The largest absolute Gasteiger partial charge is 0.341 e. The molecule has 0 heterocycles. The lowest BCUT2D eigenvalue weighted by atomic mass is 9.94. The minimum absolute atomic E-state index is 0.199. The van der Waals surface area contributed by atoms with Gasteiger partial charge in [0.1, 0.15) is 0 Å². The smallest absolute Gasteiger partial charge is 0.321 e. The third-order valence-corrected chi connectivity index (χ3v) is 3.35. The fourth-order valence-corrected chi connectivity index (χ4v) is 2.11. The Morgan fingerprint density at radius 3 is 2.38 bits per heavy atom. The number of carbonyl (C=O) groups is 2. The molecule has 0 saturated heterocycles. The van der Waals surface area contributed by atoms with Crippen molar-refractivity contribution in [1.82, 2.24) is 16.0 Å². The van der Waals surface area contributed by atoms with Gasteiger partial charge in [-0.3, -0.25) is 10.1 Å². The van der Waals surface area contributed by atoms with Crippen LogP contribution in [0.5, 0.6) is 0 Å². The molecule has 0 spiro atoms. The molecule has 0 fully saturated rings. The van der Waals surface area contributed by atoms with Crippen LogP contribution in [-0.4, -0.2) is 30.6 Å². The second-order valence-corrected chi connectivity index (χ2v) is 5.80. The molecule has 5 heteroatoms. The van der Waals surface area contributed by atoms with E-state index in [1.54, 1.807) is 6.92 Å². The number of aryl methyl sites for hydroxylation is 1. The predicted octanol–water partition coefficient (Wildman–Crippen LogP) is 1.83. The minimum Gasteiger partial charge on any atom is -0.341 e. The van der Waals surface area contributed by atoms with Crippen molar-refractivity contribution in [3.8, 4) is 0 Å². The molecule has 0 radical (unpaired) electrons. The quantitative estimate of drug-likeness (QED) is 0.749. The summed E-state index contributed by atoms with van der Waals surface area (Å²) in [6, 6.07) is 9.31. The third kappa shape index (κ3) is 6.40. The number of benzene rings is 1. The topological polar surface area (TPSA) is 70.2 Å². The summed E-state index contributed by atoms with van der Waals surface area (Å²) in [5.74, 6) is -0.331. The van der Waals surface area contributed by atoms with Crippen molar-refractivity contribution < 1.29 is 9.59 Å². The lowest BCUT2D eigenvalue weighted by Gasteiger charge is -2.29. The van der Waals surface area contributed by atoms with Gasteiger partial charge in [-0.1, -0.05) is 30.3 Å². The van der Waals surface area contributed by atoms with Crippen molar-refractivity contribution >= 4 is 11.9 Å². The molecule has 0 bridgehead atoms. The Kier molecular flexibility index (Phi) is 6.37. The fraction of sp³-hybridized carbons (Fsp3) is 0.500. The summed E-state index contributed by atoms with van der Waals surface area (Å²) in [4.78, 5) is 23.0. The first-order valence-corrected chi connectivity index (χ1v) is 7.18. The van der Waals surface area contributed by atoms with Crippen LogP contribution >= 0.6 is 0 Å². The van der Waals surface area contributed by atoms with Gasteiger partial charge in [0.05, 0.1) is 6.04 Å². The molecule has 1 aromatic rings. The van der Waals surface area contributed by atoms with E-state index in [2.05, 4.69) is 41.9 Å². The van der Waals surface area contributed by atoms with E-state index in [-0.39, 0.29) is 11.4 Å². The molecule has 0 aliphatic carbocycles. The normalized spacial score (nSPS) is 12.6. The van der Waals surface area contributed by atoms with E-state index in [0.717, 1.165) is 12.8 Å². The summed E-state index contributed by atoms with van der Waals surface area (Å²) in [5.41, 5.74) is 1.07. The lowest BCUT2D eigenvalue weighted by Crippen LogP contribution is -2.53. The van der Waals surface area contributed by atoms with E-state index in [4.69, 9.17) is 0 Å². The third-order valence-electron chi connectivity index (χ3n) is 3.35. The number of rotatable bonds is 6. The van der Waals surface area contributed by atoms with Crippen molar-refractivity contribution in [2.75, 3.05) is 7.05 Å². The van der Waals surface area contributed by atoms with Gasteiger partial charge in [0.2, 0.25) is 5.91 Å². The zero-order valence-corrected chi connectivity index (χ0v) is 13.2. The number of hydrogen-bond donors (Lipinski definition) is 3. The first-order chi connectivity index (χ1) is 9.84. The van der Waals surface area contributed by atoms with Crippen LogP contribution in [-0.2, 0) is 11.2 Å². The van der Waals surface area contributed by atoms with Crippen molar-refractivity contribution in [3.63, 3.8) is 0 Å². The number of nitrogens with one attached hydrogen (secondary N) is 3. The van der Waals surface area contributed by atoms with Gasteiger partial charge >= 0.3 is 6.03 Å². The molecule has 0 aromatic heterocycles. The maximum atomic E-state index is 11.8. The van der Waals surface area contributed by atoms with Crippen molar-refractivity contribution in [2.24, 2.45) is 0 Å². The van der Waals surface area contributed by atoms with Gasteiger partial charge in [0, 0.05) is 12.6 Å². The van der Waals surface area contributed by atoms with Gasteiger partial charge in [-0.2, -0.15) is 0 Å². The Morgan fingerprint density at radius 1 is 1.19 bits per heavy atom. The van der Waals surface area contributed by atoms with Crippen molar-refractivity contribution in [3.05, 3.63) is 35.9 Å². The number of amides is 3. The highest BCUT2D eigenvalue weighted by molar-refractivity contribution is 5.96. The van der Waals surface area contributed by atoms with Crippen LogP contribution in [0.1, 0.15) is 32.8 Å². The Morgan fingerprint density at radius 2 is 1.81 bits per heavy atom. The Labute approximate surface area is 126 Å². The molecule has 0 saturated carbocycles. The molecule has 1 rings (SSSR count). The molecule has 3 N–H and O–H groups in total. The summed E-state index contributed by atoms with van der Waals surface area (Å²) in [7, 11) is 1.48. The monoisotopic (exact) mass is 291 g/mol. The maximum Gasteiger partial charge on any atom is 0.321 e. The summed E-state index contributed by atoms with van der Waals surface area (Å²) in [5, 5.41) is 7.90. The number of imide groups is 1. The Balaban J connectivity index is 2.47. The van der Waals surface area contributed by atoms with Crippen molar-refractivity contribution in [1.29, 1.82) is 0 Å². The van der Waals surface area contributed by atoms with E-state index in [9.17, 15) is 9.59 Å². The second-order valence-electron chi connectivity index (χ2n) is 5.80. The Bertz CT molecular complexity index is 472. The average molecular weight is 291 g/mol. The highest BCUT2D eigenvalue weighted by Gasteiger charge is 2.24. The molecule has 0 aliphatic heterocycles. The molecule has 1 aromatic carbocycles. The SMILES string of the molecule is CNC(=O)NC(=O)C(C)NC(C)(C)CCc1ccccc1. The van der Waals surface area contributed by atoms with Gasteiger partial charge in [0.25, 0.3) is 0 Å². The van der Waals surface area contributed by atoms with Gasteiger partial charge in [-0.15, -0.1) is 0 Å². The Hall–Kier alpha value is -1.88. The molecular weight excluding hydrogens is 266 g/mol. The number of hydrogen-bond acceptors (Lipinski definition) is 3. The van der Waals surface area contributed by atoms with Crippen LogP contribution in [0, 0.1) is 0 Å². The molecule has 1 atom stereocenters. The maximum absolute atomic E-state index is 11.8. The van der Waals surface area contributed by atoms with Crippen LogP contribution in [0.25, 0.3) is 0 Å². The van der Waals surface area contributed by atoms with Crippen LogP contribution in [0.4, 0.5) is 4.79 Å². The lowest BCUT2D eigenvalue weighted by molar-refractivity contribution is -0.122. The number of carbonyl (C=O) groups excluding carboxylic acids is 2. The molecule has 0 aliphatic rings. The molecule has 5 nitrogen and oxygen atoms in total. The van der Waals surface area contributed by atoms with Gasteiger partial charge in [0.15, 0.2) is 0 Å². The highest BCUT2D eigenvalue weighted by atomic mass is 16.2. The molecule has 3 amide bonds. The first kappa shape index (κ1) is 17.2. The molecular formula is C16H25N3O2. The van der Waals surface area contributed by atoms with Gasteiger partial charge < -0.3 is 10.6 Å². The predicted molar refractivity (Wildman–Crippen MR) is 84.0 cm³/mol. The summed E-state index contributed by atoms with van der Waals surface area (Å²) in [6.45, 7) is 5.86. The van der Waals surface area contributed by atoms with Crippen LogP contribution in [0.3, 0.4) is 0 Å². The van der Waals surface area contributed by atoms with E-state index < -0.39 is 12.1 Å². The van der Waals surface area contributed by atoms with Gasteiger partial charge in [-0.05, 0) is 39.2 Å². The summed E-state index contributed by atoms with van der Waals surface area (Å²) in [6.07, 6.45) is 1.83. The first-order valence-electron chi connectivity index (χ1n) is 7.18. The molecule has 1 unspecified atom stereocenters. The van der Waals surface area contributed by atoms with Crippen LogP contribution in [0.15, 0.2) is 30.3 Å². The van der Waals surface area contributed by atoms with Gasteiger partial charge in [-0.25, -0.2) is 4.79 Å². The fourth-order valence-electron chi connectivity index (χ4n) is 2.11. The second kappa shape index (κ2) is 7.78. The average Bonchev–Trinajstić information content (AvgIpc) is 2.45. The summed E-state index contributed by atoms with van der Waals surface area (Å²) < 4.78 is 0. The van der Waals surface area contributed by atoms with Crippen LogP contribution in [0.2, 0.25) is 0 Å². The zero-order chi connectivity index (χ0) is 15.9. The molecule has 21 heavy (non-hydrogen) atoms. The molecule has 116 valence electrons. The number of urea groups is 1. The van der Waals surface area contributed by atoms with E-state index in [1.807, 2.05) is 18.2 Å². The highest BCUT2D eigenvalue weighted by Crippen LogP contribution is 2.14. The van der Waals surface area contributed by atoms with Crippen molar-refractivity contribution in [2.45, 2.75) is 45.2 Å².